The highest BCUT2D eigenvalue weighted by atomic mass is 35.5. The van der Waals surface area contributed by atoms with Gasteiger partial charge >= 0.3 is 0 Å². The summed E-state index contributed by atoms with van der Waals surface area (Å²) in [4.78, 5) is 27.5. The number of rotatable bonds is 8. The molecular formula is C23H28Cl2N2O2. The predicted molar refractivity (Wildman–Crippen MR) is 119 cm³/mol. The highest BCUT2D eigenvalue weighted by Gasteiger charge is 2.27. The molecule has 0 aromatic heterocycles. The van der Waals surface area contributed by atoms with Crippen molar-refractivity contribution in [3.8, 4) is 0 Å². The molecule has 2 aromatic carbocycles. The van der Waals surface area contributed by atoms with Crippen LogP contribution in [-0.2, 0) is 22.6 Å². The predicted octanol–water partition coefficient (Wildman–Crippen LogP) is 5.03. The molecule has 0 fully saturated rings. The molecular weight excluding hydrogens is 407 g/mol. The summed E-state index contributed by atoms with van der Waals surface area (Å²) in [6.45, 7) is 8.74. The average molecular weight is 435 g/mol. The Hall–Kier alpha value is -2.04. The minimum absolute atomic E-state index is 0.101. The molecule has 0 saturated heterocycles. The Bertz CT molecular complexity index is 868. The number of benzene rings is 2. The first-order valence-corrected chi connectivity index (χ1v) is 10.5. The van der Waals surface area contributed by atoms with Gasteiger partial charge in [0.1, 0.15) is 6.04 Å². The second-order valence-electron chi connectivity index (χ2n) is 7.68. The lowest BCUT2D eigenvalue weighted by molar-refractivity contribution is -0.140. The van der Waals surface area contributed by atoms with Gasteiger partial charge in [-0.25, -0.2) is 0 Å². The number of hydrogen-bond donors (Lipinski definition) is 1. The van der Waals surface area contributed by atoms with E-state index < -0.39 is 6.04 Å². The molecule has 0 aliphatic rings. The van der Waals surface area contributed by atoms with Crippen LogP contribution in [0.1, 0.15) is 37.5 Å². The normalized spacial score (nSPS) is 12.0. The summed E-state index contributed by atoms with van der Waals surface area (Å²) in [7, 11) is 0. The van der Waals surface area contributed by atoms with E-state index in [1.807, 2.05) is 45.0 Å². The molecule has 1 N–H and O–H groups in total. The maximum Gasteiger partial charge on any atom is 0.242 e. The highest BCUT2D eigenvalue weighted by molar-refractivity contribution is 6.35. The van der Waals surface area contributed by atoms with Gasteiger partial charge in [-0.3, -0.25) is 9.59 Å². The summed E-state index contributed by atoms with van der Waals surface area (Å²) in [5, 5.41) is 3.89. The lowest BCUT2D eigenvalue weighted by Crippen LogP contribution is -2.48. The molecule has 0 spiro atoms. The van der Waals surface area contributed by atoms with Gasteiger partial charge in [0.2, 0.25) is 11.8 Å². The highest BCUT2D eigenvalue weighted by Crippen LogP contribution is 2.23. The SMILES string of the molecule is Cc1ccccc1CN(C(=O)Cc1ccc(Cl)cc1Cl)C(C)C(=O)NCC(C)C. The third-order valence-electron chi connectivity index (χ3n) is 4.81. The van der Waals surface area contributed by atoms with Crippen molar-refractivity contribution in [1.29, 1.82) is 0 Å². The molecule has 0 bridgehead atoms. The van der Waals surface area contributed by atoms with Gasteiger partial charge in [0.05, 0.1) is 6.42 Å². The van der Waals surface area contributed by atoms with Crippen molar-refractivity contribution in [3.63, 3.8) is 0 Å². The van der Waals surface area contributed by atoms with Crippen molar-refractivity contribution in [1.82, 2.24) is 10.2 Å². The Balaban J connectivity index is 2.26. The van der Waals surface area contributed by atoms with E-state index in [1.165, 1.54) is 0 Å². The Morgan fingerprint density at radius 2 is 1.72 bits per heavy atom. The van der Waals surface area contributed by atoms with Gasteiger partial charge in [-0.2, -0.15) is 0 Å². The molecule has 4 nitrogen and oxygen atoms in total. The smallest absolute Gasteiger partial charge is 0.242 e. The summed E-state index contributed by atoms with van der Waals surface area (Å²) in [6, 6.07) is 12.3. The molecule has 2 amide bonds. The van der Waals surface area contributed by atoms with E-state index in [-0.39, 0.29) is 18.2 Å². The third kappa shape index (κ3) is 6.76. The fraction of sp³-hybridized carbons (Fsp3) is 0.391. The van der Waals surface area contributed by atoms with Gasteiger partial charge < -0.3 is 10.2 Å². The lowest BCUT2D eigenvalue weighted by atomic mass is 10.1. The maximum atomic E-state index is 13.2. The zero-order chi connectivity index (χ0) is 21.6. The molecule has 0 aliphatic heterocycles. The number of carbonyl (C=O) groups excluding carboxylic acids is 2. The largest absolute Gasteiger partial charge is 0.354 e. The maximum absolute atomic E-state index is 13.2. The van der Waals surface area contributed by atoms with Gasteiger partial charge in [-0.05, 0) is 48.6 Å². The lowest BCUT2D eigenvalue weighted by Gasteiger charge is -2.29. The Labute approximate surface area is 183 Å². The minimum Gasteiger partial charge on any atom is -0.354 e. The molecule has 6 heteroatoms. The van der Waals surface area contributed by atoms with Gasteiger partial charge in [-0.15, -0.1) is 0 Å². The van der Waals surface area contributed by atoms with Crippen molar-refractivity contribution in [2.75, 3.05) is 6.54 Å². The fourth-order valence-corrected chi connectivity index (χ4v) is 3.41. The zero-order valence-electron chi connectivity index (χ0n) is 17.3. The number of nitrogens with one attached hydrogen (secondary N) is 1. The van der Waals surface area contributed by atoms with E-state index in [0.717, 1.165) is 11.1 Å². The molecule has 0 radical (unpaired) electrons. The van der Waals surface area contributed by atoms with Crippen molar-refractivity contribution in [2.45, 2.75) is 46.7 Å². The van der Waals surface area contributed by atoms with Crippen LogP contribution in [0.15, 0.2) is 42.5 Å². The van der Waals surface area contributed by atoms with E-state index in [1.54, 1.807) is 30.0 Å². The Kier molecular flexibility index (Phi) is 8.54. The second-order valence-corrected chi connectivity index (χ2v) is 8.52. The van der Waals surface area contributed by atoms with Crippen LogP contribution in [0, 0.1) is 12.8 Å². The van der Waals surface area contributed by atoms with Crippen LogP contribution in [0.3, 0.4) is 0 Å². The van der Waals surface area contributed by atoms with Crippen LogP contribution < -0.4 is 5.32 Å². The monoisotopic (exact) mass is 434 g/mol. The number of hydrogen-bond acceptors (Lipinski definition) is 2. The van der Waals surface area contributed by atoms with Gasteiger partial charge in [0.25, 0.3) is 0 Å². The first kappa shape index (κ1) is 23.2. The summed E-state index contributed by atoms with van der Waals surface area (Å²) < 4.78 is 0. The van der Waals surface area contributed by atoms with Gasteiger partial charge in [0, 0.05) is 23.1 Å². The van der Waals surface area contributed by atoms with E-state index in [0.29, 0.717) is 34.6 Å². The van der Waals surface area contributed by atoms with E-state index in [2.05, 4.69) is 5.32 Å². The van der Waals surface area contributed by atoms with Crippen LogP contribution in [0.4, 0.5) is 0 Å². The summed E-state index contributed by atoms with van der Waals surface area (Å²) in [6.07, 6.45) is 0.101. The second kappa shape index (κ2) is 10.7. The van der Waals surface area contributed by atoms with Crippen molar-refractivity contribution in [3.05, 3.63) is 69.2 Å². The summed E-state index contributed by atoms with van der Waals surface area (Å²) in [5.74, 6) is 0.00653. The third-order valence-corrected chi connectivity index (χ3v) is 5.40. The topological polar surface area (TPSA) is 49.4 Å². The molecule has 2 rings (SSSR count). The van der Waals surface area contributed by atoms with Crippen LogP contribution in [0.2, 0.25) is 10.0 Å². The molecule has 156 valence electrons. The van der Waals surface area contributed by atoms with Crippen LogP contribution >= 0.6 is 23.2 Å². The fourth-order valence-electron chi connectivity index (χ4n) is 2.94. The number of halogens is 2. The standard InChI is InChI=1S/C23H28Cl2N2O2/c1-15(2)13-26-23(29)17(4)27(14-19-8-6-5-7-16(19)3)22(28)11-18-9-10-20(24)12-21(18)25/h5-10,12,15,17H,11,13-14H2,1-4H3,(H,26,29). The average Bonchev–Trinajstić information content (AvgIpc) is 2.67. The van der Waals surface area contributed by atoms with Gasteiger partial charge in [0.15, 0.2) is 0 Å². The first-order chi connectivity index (χ1) is 13.7. The summed E-state index contributed by atoms with van der Waals surface area (Å²) in [5.41, 5.74) is 2.77. The van der Waals surface area contributed by atoms with Gasteiger partial charge in [-0.1, -0.05) is 67.4 Å². The molecule has 0 heterocycles. The number of amides is 2. The van der Waals surface area contributed by atoms with Crippen molar-refractivity contribution in [2.24, 2.45) is 5.92 Å². The van der Waals surface area contributed by atoms with Crippen molar-refractivity contribution < 1.29 is 9.59 Å². The first-order valence-electron chi connectivity index (χ1n) is 9.74. The number of nitrogens with zero attached hydrogens (tertiary/aromatic N) is 1. The molecule has 0 aliphatic carbocycles. The zero-order valence-corrected chi connectivity index (χ0v) is 18.8. The van der Waals surface area contributed by atoms with Crippen molar-refractivity contribution >= 4 is 35.0 Å². The van der Waals surface area contributed by atoms with Crippen LogP contribution in [-0.4, -0.2) is 29.3 Å². The van der Waals surface area contributed by atoms with Crippen LogP contribution in [0.25, 0.3) is 0 Å². The number of aryl methyl sites for hydroxylation is 1. The molecule has 29 heavy (non-hydrogen) atoms. The van der Waals surface area contributed by atoms with E-state index in [9.17, 15) is 9.59 Å². The molecule has 0 saturated carbocycles. The molecule has 2 aromatic rings. The van der Waals surface area contributed by atoms with E-state index in [4.69, 9.17) is 23.2 Å². The van der Waals surface area contributed by atoms with E-state index >= 15 is 0 Å². The number of carbonyl (C=O) groups is 2. The quantitative estimate of drug-likeness (QED) is 0.632. The minimum atomic E-state index is -0.605. The Morgan fingerprint density at radius 3 is 2.34 bits per heavy atom. The molecule has 1 atom stereocenters. The summed E-state index contributed by atoms with van der Waals surface area (Å²) >= 11 is 12.2. The molecule has 1 unspecified atom stereocenters. The Morgan fingerprint density at radius 1 is 1.03 bits per heavy atom. The van der Waals surface area contributed by atoms with Crippen LogP contribution in [0.5, 0.6) is 0 Å².